The van der Waals surface area contributed by atoms with E-state index in [2.05, 4.69) is 373 Å². The maximum absolute atomic E-state index is 6.51. The van der Waals surface area contributed by atoms with Crippen molar-refractivity contribution in [3.05, 3.63) is 373 Å². The van der Waals surface area contributed by atoms with Crippen LogP contribution in [0.25, 0.3) is 209 Å². The highest BCUT2D eigenvalue weighted by Gasteiger charge is 2.26. The third-order valence-corrected chi connectivity index (χ3v) is 23.6. The SMILES string of the molecule is Cc1cc(C)c(-c2c3ccccc3c(-c3c(C)cc(C)cc3C)c3cc(-n4c5ccccc5c5cc(-c6cccc7c6oc6ccccc67)ccc54)ccc23)c(C)c1.Cc1ccc(-c2c3ccccc3c(-c3ccc(-n4c5ccccc5c5cc(-c6cccc7c6oc6ccccc67)ccc54)cc3)c3ccccc23)cc1. The van der Waals surface area contributed by atoms with Gasteiger partial charge in [-0.15, -0.1) is 0 Å². The second-order valence-corrected chi connectivity index (χ2v) is 30.6. The first kappa shape index (κ1) is 65.5. The minimum Gasteiger partial charge on any atom is -0.455 e. The summed E-state index contributed by atoms with van der Waals surface area (Å²) in [6.45, 7) is 15.6. The topological polar surface area (TPSA) is 36.1 Å². The molecule has 0 bridgehead atoms. The molecule has 0 aliphatic heterocycles. The summed E-state index contributed by atoms with van der Waals surface area (Å²) in [7, 11) is 0. The van der Waals surface area contributed by atoms with Gasteiger partial charge in [0.05, 0.1) is 22.1 Å². The number of aryl methyl sites for hydroxylation is 7. The summed E-state index contributed by atoms with van der Waals surface area (Å²) in [4.78, 5) is 0. The highest BCUT2D eigenvalue weighted by Crippen LogP contribution is 2.51. The predicted molar refractivity (Wildman–Crippen MR) is 472 cm³/mol. The van der Waals surface area contributed by atoms with Crippen LogP contribution in [-0.2, 0) is 0 Å². The van der Waals surface area contributed by atoms with Gasteiger partial charge in [-0.3, -0.25) is 0 Å². The summed E-state index contributed by atoms with van der Waals surface area (Å²) in [6, 6.07) is 122. The van der Waals surface area contributed by atoms with E-state index < -0.39 is 0 Å². The molecule has 0 N–H and O–H groups in total. The number of hydrogen-bond acceptors (Lipinski definition) is 2. The molecule has 0 fully saturated rings. The Morgan fingerprint density at radius 2 is 0.514 bits per heavy atom. The number of fused-ring (bicyclic) bond motifs is 16. The van der Waals surface area contributed by atoms with E-state index in [0.29, 0.717) is 0 Å². The Balaban J connectivity index is 0.000000141. The Bertz CT molecular complexity index is 7540. The lowest BCUT2D eigenvalue weighted by molar-refractivity contribution is 0.669. The van der Waals surface area contributed by atoms with Crippen molar-refractivity contribution in [2.45, 2.75) is 48.5 Å². The van der Waals surface area contributed by atoms with Crippen LogP contribution < -0.4 is 0 Å². The summed E-state index contributed by atoms with van der Waals surface area (Å²) < 4.78 is 17.8. The summed E-state index contributed by atoms with van der Waals surface area (Å²) in [5, 5.41) is 19.6. The monoisotopic (exact) mass is 1420 g/mol. The molecule has 0 atom stereocenters. The van der Waals surface area contributed by atoms with Crippen molar-refractivity contribution in [1.82, 2.24) is 9.13 Å². The minimum absolute atomic E-state index is 0.915. The molecule has 0 saturated heterocycles. The zero-order valence-electron chi connectivity index (χ0n) is 63.0. The number of rotatable bonds is 8. The molecule has 0 radical (unpaired) electrons. The standard InChI is InChI=1S/C56H43NO.C51H33NO/c1-32-26-34(3)52(35(4)27-32)54-43-16-7-8-17-44(43)55(53-36(5)28-33(2)29-37(53)6)48-31-39(23-24-45(48)54)57-49-20-11-9-14-41(49)47-30-38(22-25-50(47)57)40-18-13-19-46-42-15-10-12-21-51(42)58-56(40)46;1-32-21-23-33(24-22-32)49-40-13-2-4-15-42(40)50(43-16-5-3-14-41(43)49)34-25-28-36(29-26-34)52-46-19-8-6-11-38(46)45-31-35(27-30-47(45)52)37-17-10-18-44-39-12-7-9-20-48(39)53-51(37)44/h7-31H,1-6H3;2-31H,1H3. The number of benzene rings is 18. The Kier molecular flexibility index (Phi) is 15.2. The molecular formula is C107H76N2O2. The minimum atomic E-state index is 0.915. The third-order valence-electron chi connectivity index (χ3n) is 23.6. The molecule has 4 heteroatoms. The Morgan fingerprint density at radius 1 is 0.189 bits per heavy atom. The van der Waals surface area contributed by atoms with Gasteiger partial charge in [0.1, 0.15) is 22.3 Å². The Labute approximate surface area is 643 Å². The number of furan rings is 2. The van der Waals surface area contributed by atoms with Gasteiger partial charge in [0.15, 0.2) is 0 Å². The quantitative estimate of drug-likeness (QED) is 0.142. The van der Waals surface area contributed by atoms with Crippen LogP contribution in [0.2, 0.25) is 0 Å². The van der Waals surface area contributed by atoms with E-state index in [1.165, 1.54) is 170 Å². The fraction of sp³-hybridized carbons (Fsp3) is 0.0654. The molecule has 18 aromatic carbocycles. The molecule has 22 aromatic rings. The first-order chi connectivity index (χ1) is 54.5. The van der Waals surface area contributed by atoms with Gasteiger partial charge < -0.3 is 18.0 Å². The first-order valence-corrected chi connectivity index (χ1v) is 38.6. The van der Waals surface area contributed by atoms with Gasteiger partial charge in [-0.2, -0.15) is 0 Å². The third kappa shape index (κ3) is 10.4. The second-order valence-electron chi connectivity index (χ2n) is 30.6. The molecule has 4 nitrogen and oxygen atoms in total. The molecule has 111 heavy (non-hydrogen) atoms. The fourth-order valence-electron chi connectivity index (χ4n) is 19.0. The van der Waals surface area contributed by atoms with Gasteiger partial charge in [-0.05, 0) is 242 Å². The van der Waals surface area contributed by atoms with Crippen molar-refractivity contribution < 1.29 is 8.83 Å². The van der Waals surface area contributed by atoms with Crippen molar-refractivity contribution in [2.75, 3.05) is 0 Å². The van der Waals surface area contributed by atoms with Crippen molar-refractivity contribution in [3.63, 3.8) is 0 Å². The van der Waals surface area contributed by atoms with Crippen LogP contribution in [0.15, 0.2) is 342 Å². The van der Waals surface area contributed by atoms with Crippen molar-refractivity contribution >= 4 is 131 Å². The van der Waals surface area contributed by atoms with E-state index in [-0.39, 0.29) is 0 Å². The molecular weight excluding hydrogens is 1350 g/mol. The first-order valence-electron chi connectivity index (χ1n) is 38.6. The zero-order valence-corrected chi connectivity index (χ0v) is 63.0. The maximum atomic E-state index is 6.51. The molecule has 0 unspecified atom stereocenters. The van der Waals surface area contributed by atoms with E-state index >= 15 is 0 Å². The van der Waals surface area contributed by atoms with Crippen molar-refractivity contribution in [2.24, 2.45) is 0 Å². The van der Waals surface area contributed by atoms with Gasteiger partial charge in [0.25, 0.3) is 0 Å². The van der Waals surface area contributed by atoms with Crippen LogP contribution in [0.3, 0.4) is 0 Å². The zero-order chi connectivity index (χ0) is 74.4. The Morgan fingerprint density at radius 3 is 0.955 bits per heavy atom. The van der Waals surface area contributed by atoms with E-state index in [1.54, 1.807) is 0 Å². The van der Waals surface area contributed by atoms with Crippen LogP contribution in [0.5, 0.6) is 0 Å². The normalized spacial score (nSPS) is 11.9. The van der Waals surface area contributed by atoms with Crippen LogP contribution in [0.1, 0.15) is 38.9 Å². The molecule has 4 heterocycles. The maximum Gasteiger partial charge on any atom is 0.143 e. The second kappa shape index (κ2) is 25.7. The predicted octanol–water partition coefficient (Wildman–Crippen LogP) is 30.1. The molecule has 526 valence electrons. The Hall–Kier alpha value is -13.8. The summed E-state index contributed by atoms with van der Waals surface area (Å²) in [6.07, 6.45) is 0. The van der Waals surface area contributed by atoms with Gasteiger partial charge >= 0.3 is 0 Å². The highest BCUT2D eigenvalue weighted by atomic mass is 16.3. The number of aromatic nitrogens is 2. The summed E-state index contributed by atoms with van der Waals surface area (Å²) >= 11 is 0. The van der Waals surface area contributed by atoms with Gasteiger partial charge in [0.2, 0.25) is 0 Å². The molecule has 0 saturated carbocycles. The van der Waals surface area contributed by atoms with Gasteiger partial charge in [-0.1, -0.05) is 278 Å². The van der Waals surface area contributed by atoms with Crippen LogP contribution in [0, 0.1) is 48.5 Å². The molecule has 4 aromatic heterocycles. The average molecular weight is 1420 g/mol. The molecule has 0 aliphatic rings. The molecule has 0 aliphatic carbocycles. The largest absolute Gasteiger partial charge is 0.455 e. The van der Waals surface area contributed by atoms with Gasteiger partial charge in [-0.25, -0.2) is 0 Å². The van der Waals surface area contributed by atoms with Crippen molar-refractivity contribution in [1.29, 1.82) is 0 Å². The van der Waals surface area contributed by atoms with Crippen LogP contribution in [0.4, 0.5) is 0 Å². The van der Waals surface area contributed by atoms with Crippen LogP contribution >= 0.6 is 0 Å². The van der Waals surface area contributed by atoms with E-state index in [1.807, 2.05) is 18.2 Å². The van der Waals surface area contributed by atoms with E-state index in [9.17, 15) is 0 Å². The lowest BCUT2D eigenvalue weighted by Gasteiger charge is -2.23. The van der Waals surface area contributed by atoms with E-state index in [4.69, 9.17) is 8.83 Å². The van der Waals surface area contributed by atoms with Gasteiger partial charge in [0, 0.05) is 65.6 Å². The number of para-hydroxylation sites is 6. The average Bonchev–Trinajstić information content (AvgIpc) is 1.35. The summed E-state index contributed by atoms with van der Waals surface area (Å²) in [5.74, 6) is 0. The number of hydrogen-bond donors (Lipinski definition) is 0. The van der Waals surface area contributed by atoms with Crippen molar-refractivity contribution in [3.8, 4) is 78.1 Å². The molecule has 0 spiro atoms. The smallest absolute Gasteiger partial charge is 0.143 e. The van der Waals surface area contributed by atoms with Crippen LogP contribution in [-0.4, -0.2) is 9.13 Å². The fourth-order valence-corrected chi connectivity index (χ4v) is 19.0. The number of nitrogens with zero attached hydrogens (tertiary/aromatic N) is 2. The highest BCUT2D eigenvalue weighted by molar-refractivity contribution is 6.25. The lowest BCUT2D eigenvalue weighted by Crippen LogP contribution is -1.99. The molecule has 0 amide bonds. The van der Waals surface area contributed by atoms with E-state index in [0.717, 1.165) is 77.5 Å². The summed E-state index contributed by atoms with van der Waals surface area (Å²) in [5.41, 5.74) is 34.5. The molecule has 22 rings (SSSR count). The lowest BCUT2D eigenvalue weighted by atomic mass is 9.81.